The highest BCUT2D eigenvalue weighted by Gasteiger charge is 2.34. The van der Waals surface area contributed by atoms with Crippen LogP contribution in [0.5, 0.6) is 0 Å². The van der Waals surface area contributed by atoms with Crippen LogP contribution in [-0.2, 0) is 10.2 Å². The first-order valence-electron chi connectivity index (χ1n) is 6.69. The van der Waals surface area contributed by atoms with E-state index in [1.54, 1.807) is 0 Å². The van der Waals surface area contributed by atoms with Crippen LogP contribution in [-0.4, -0.2) is 10.8 Å². The molecule has 1 atom stereocenters. The van der Waals surface area contributed by atoms with Crippen molar-refractivity contribution in [2.24, 2.45) is 0 Å². The highest BCUT2D eigenvalue weighted by atomic mass is 16.1. The molecule has 1 saturated carbocycles. The first-order valence-corrected chi connectivity index (χ1v) is 6.69. The minimum absolute atomic E-state index is 0.0153. The second-order valence-electron chi connectivity index (χ2n) is 5.83. The standard InChI is InChI=1S/C16H19NO/c1-11-5-3-7-13-14(10-17-15(11)13)16(2)8-4-6-12(18)9-16/h3,5,7,10,17H,4,6,8-9H2,1-2H3. The summed E-state index contributed by atoms with van der Waals surface area (Å²) in [7, 11) is 0. The molecule has 1 heterocycles. The number of carbonyl (C=O) groups excluding carboxylic acids is 1. The summed E-state index contributed by atoms with van der Waals surface area (Å²) in [5, 5.41) is 1.28. The van der Waals surface area contributed by atoms with Gasteiger partial charge >= 0.3 is 0 Å². The van der Waals surface area contributed by atoms with Gasteiger partial charge in [0.25, 0.3) is 0 Å². The smallest absolute Gasteiger partial charge is 0.133 e. The summed E-state index contributed by atoms with van der Waals surface area (Å²) in [5.74, 6) is 0.408. The van der Waals surface area contributed by atoms with Crippen molar-refractivity contribution >= 4 is 16.7 Å². The Bertz CT molecular complexity index is 611. The van der Waals surface area contributed by atoms with Crippen LogP contribution >= 0.6 is 0 Å². The summed E-state index contributed by atoms with van der Waals surface area (Å²) < 4.78 is 0. The Hall–Kier alpha value is -1.57. The number of benzene rings is 1. The largest absolute Gasteiger partial charge is 0.361 e. The molecule has 1 unspecified atom stereocenters. The maximum absolute atomic E-state index is 11.8. The molecule has 0 bridgehead atoms. The topological polar surface area (TPSA) is 32.9 Å². The Balaban J connectivity index is 2.14. The number of rotatable bonds is 1. The summed E-state index contributed by atoms with van der Waals surface area (Å²) in [5.41, 5.74) is 3.81. The molecule has 1 aliphatic rings. The zero-order valence-corrected chi connectivity index (χ0v) is 11.0. The van der Waals surface area contributed by atoms with Gasteiger partial charge in [0.2, 0.25) is 0 Å². The lowest BCUT2D eigenvalue weighted by atomic mass is 9.70. The molecule has 0 radical (unpaired) electrons. The summed E-state index contributed by atoms with van der Waals surface area (Å²) >= 11 is 0. The van der Waals surface area contributed by atoms with Crippen LogP contribution in [0.4, 0.5) is 0 Å². The van der Waals surface area contributed by atoms with Gasteiger partial charge in [0.15, 0.2) is 0 Å². The normalized spacial score (nSPS) is 24.7. The lowest BCUT2D eigenvalue weighted by Crippen LogP contribution is -2.29. The fourth-order valence-corrected chi connectivity index (χ4v) is 3.32. The van der Waals surface area contributed by atoms with E-state index >= 15 is 0 Å². The fraction of sp³-hybridized carbons (Fsp3) is 0.438. The lowest BCUT2D eigenvalue weighted by Gasteiger charge is -2.32. The van der Waals surface area contributed by atoms with Crippen molar-refractivity contribution in [1.82, 2.24) is 4.98 Å². The number of H-pyrrole nitrogens is 1. The maximum atomic E-state index is 11.8. The van der Waals surface area contributed by atoms with Gasteiger partial charge in [0.05, 0.1) is 0 Å². The number of aryl methyl sites for hydroxylation is 1. The summed E-state index contributed by atoms with van der Waals surface area (Å²) in [4.78, 5) is 15.1. The Morgan fingerprint density at radius 2 is 2.17 bits per heavy atom. The molecular weight excluding hydrogens is 222 g/mol. The predicted molar refractivity (Wildman–Crippen MR) is 73.9 cm³/mol. The molecule has 18 heavy (non-hydrogen) atoms. The van der Waals surface area contributed by atoms with Crippen LogP contribution in [0.25, 0.3) is 10.9 Å². The van der Waals surface area contributed by atoms with Crippen LogP contribution in [0, 0.1) is 6.92 Å². The monoisotopic (exact) mass is 241 g/mol. The molecule has 2 heteroatoms. The van der Waals surface area contributed by atoms with Gasteiger partial charge in [-0.25, -0.2) is 0 Å². The van der Waals surface area contributed by atoms with Crippen LogP contribution in [0.2, 0.25) is 0 Å². The van der Waals surface area contributed by atoms with Crippen LogP contribution in [0.1, 0.15) is 43.7 Å². The number of Topliss-reactive ketones (excluding diaryl/α,β-unsaturated/α-hetero) is 1. The van der Waals surface area contributed by atoms with E-state index in [0.29, 0.717) is 12.2 Å². The van der Waals surface area contributed by atoms with Crippen molar-refractivity contribution in [3.8, 4) is 0 Å². The number of aromatic nitrogens is 1. The third kappa shape index (κ3) is 1.67. The lowest BCUT2D eigenvalue weighted by molar-refractivity contribution is -0.121. The average molecular weight is 241 g/mol. The first-order chi connectivity index (χ1) is 8.60. The van der Waals surface area contributed by atoms with Crippen molar-refractivity contribution in [2.75, 3.05) is 0 Å². The van der Waals surface area contributed by atoms with Crippen LogP contribution in [0.3, 0.4) is 0 Å². The molecule has 0 saturated heterocycles. The van der Waals surface area contributed by atoms with E-state index < -0.39 is 0 Å². The quantitative estimate of drug-likeness (QED) is 0.807. The molecule has 94 valence electrons. The minimum Gasteiger partial charge on any atom is -0.361 e. The maximum Gasteiger partial charge on any atom is 0.133 e. The second-order valence-corrected chi connectivity index (χ2v) is 5.83. The Labute approximate surface area is 107 Å². The molecule has 1 aliphatic carbocycles. The molecule has 0 aliphatic heterocycles. The number of fused-ring (bicyclic) bond motifs is 1. The Morgan fingerprint density at radius 1 is 1.33 bits per heavy atom. The van der Waals surface area contributed by atoms with Crippen LogP contribution < -0.4 is 0 Å². The third-order valence-electron chi connectivity index (χ3n) is 4.35. The van der Waals surface area contributed by atoms with Gasteiger partial charge in [-0.1, -0.05) is 25.1 Å². The van der Waals surface area contributed by atoms with Gasteiger partial charge in [-0.15, -0.1) is 0 Å². The van der Waals surface area contributed by atoms with E-state index in [0.717, 1.165) is 19.3 Å². The number of hydrogen-bond acceptors (Lipinski definition) is 1. The number of para-hydroxylation sites is 1. The van der Waals surface area contributed by atoms with E-state index in [-0.39, 0.29) is 5.41 Å². The van der Waals surface area contributed by atoms with Gasteiger partial charge in [0.1, 0.15) is 5.78 Å². The van der Waals surface area contributed by atoms with Gasteiger partial charge in [-0.05, 0) is 30.9 Å². The molecule has 1 N–H and O–H groups in total. The number of nitrogens with one attached hydrogen (secondary N) is 1. The van der Waals surface area contributed by atoms with E-state index in [9.17, 15) is 4.79 Å². The van der Waals surface area contributed by atoms with E-state index in [1.165, 1.54) is 22.0 Å². The predicted octanol–water partition coefficient (Wildman–Crippen LogP) is 3.88. The highest BCUT2D eigenvalue weighted by Crippen LogP contribution is 2.41. The molecular formula is C16H19NO. The van der Waals surface area contributed by atoms with Crippen molar-refractivity contribution in [3.05, 3.63) is 35.5 Å². The molecule has 1 aromatic heterocycles. The molecule has 2 nitrogen and oxygen atoms in total. The van der Waals surface area contributed by atoms with Gasteiger partial charge in [-0.2, -0.15) is 0 Å². The van der Waals surface area contributed by atoms with E-state index in [2.05, 4.69) is 43.2 Å². The minimum atomic E-state index is 0.0153. The number of aromatic amines is 1. The molecule has 3 rings (SSSR count). The number of carbonyl (C=O) groups is 1. The Kier molecular flexibility index (Phi) is 2.54. The average Bonchev–Trinajstić information content (AvgIpc) is 2.74. The summed E-state index contributed by atoms with van der Waals surface area (Å²) in [6, 6.07) is 6.39. The fourth-order valence-electron chi connectivity index (χ4n) is 3.32. The molecule has 2 aromatic rings. The van der Waals surface area contributed by atoms with Crippen molar-refractivity contribution in [3.63, 3.8) is 0 Å². The highest BCUT2D eigenvalue weighted by molar-refractivity contribution is 5.88. The first kappa shape index (κ1) is 11.5. The molecule has 1 aromatic carbocycles. The number of hydrogen-bond donors (Lipinski definition) is 1. The summed E-state index contributed by atoms with van der Waals surface area (Å²) in [6.07, 6.45) is 5.69. The third-order valence-corrected chi connectivity index (χ3v) is 4.35. The van der Waals surface area contributed by atoms with Gasteiger partial charge in [-0.3, -0.25) is 4.79 Å². The van der Waals surface area contributed by atoms with E-state index in [4.69, 9.17) is 0 Å². The molecule has 0 amide bonds. The van der Waals surface area contributed by atoms with Gasteiger partial charge < -0.3 is 4.98 Å². The zero-order valence-electron chi connectivity index (χ0n) is 11.0. The SMILES string of the molecule is Cc1cccc2c(C3(C)CCCC(=O)C3)c[nH]c12. The van der Waals surface area contributed by atoms with E-state index in [1.807, 2.05) is 0 Å². The second kappa shape index (κ2) is 3.98. The molecule has 0 spiro atoms. The van der Waals surface area contributed by atoms with Crippen LogP contribution in [0.15, 0.2) is 24.4 Å². The van der Waals surface area contributed by atoms with Crippen molar-refractivity contribution in [1.29, 1.82) is 0 Å². The molecule has 1 fully saturated rings. The summed E-state index contributed by atoms with van der Waals surface area (Å²) in [6.45, 7) is 4.35. The van der Waals surface area contributed by atoms with Crippen molar-refractivity contribution < 1.29 is 4.79 Å². The van der Waals surface area contributed by atoms with Crippen molar-refractivity contribution in [2.45, 2.75) is 44.9 Å². The van der Waals surface area contributed by atoms with Gasteiger partial charge in [0, 0.05) is 35.4 Å². The Morgan fingerprint density at radius 3 is 2.94 bits per heavy atom. The number of ketones is 1. The zero-order chi connectivity index (χ0) is 12.8.